The average Bonchev–Trinajstić information content (AvgIpc) is 2.30. The van der Waals surface area contributed by atoms with Gasteiger partial charge in [-0.3, -0.25) is 14.9 Å². The molecule has 19 heavy (non-hydrogen) atoms. The number of anilines is 1. The van der Waals surface area contributed by atoms with Gasteiger partial charge in [0, 0.05) is 18.7 Å². The van der Waals surface area contributed by atoms with Crippen molar-refractivity contribution in [2.75, 3.05) is 18.0 Å². The zero-order valence-electron chi connectivity index (χ0n) is 9.68. The number of carboxylic acid groups (broad SMARTS) is 1. The Labute approximate surface area is 121 Å². The summed E-state index contributed by atoms with van der Waals surface area (Å²) in [6.07, 6.45) is 1.39. The maximum atomic E-state index is 13.5. The minimum Gasteiger partial charge on any atom is -0.480 e. The van der Waals surface area contributed by atoms with Crippen LogP contribution in [0.5, 0.6) is 0 Å². The molecule has 0 saturated carbocycles. The van der Waals surface area contributed by atoms with E-state index in [-0.39, 0.29) is 21.5 Å². The Hall–Kier alpha value is -1.71. The van der Waals surface area contributed by atoms with E-state index in [0.717, 1.165) is 12.1 Å². The Morgan fingerprint density at radius 3 is 2.74 bits per heavy atom. The minimum absolute atomic E-state index is 0.0627. The molecule has 0 aromatic heterocycles. The summed E-state index contributed by atoms with van der Waals surface area (Å²) in [7, 11) is 0. The minimum atomic E-state index is -1.17. The molecule has 0 heterocycles. The fourth-order valence-electron chi connectivity index (χ4n) is 1.49. The van der Waals surface area contributed by atoms with Gasteiger partial charge in [-0.1, -0.05) is 6.08 Å². The van der Waals surface area contributed by atoms with Crippen LogP contribution < -0.4 is 4.90 Å². The molecule has 0 aliphatic carbocycles. The van der Waals surface area contributed by atoms with Gasteiger partial charge in [-0.25, -0.2) is 4.39 Å². The van der Waals surface area contributed by atoms with E-state index < -0.39 is 23.3 Å². The fraction of sp³-hybridized carbons (Fsp3) is 0.182. The van der Waals surface area contributed by atoms with Gasteiger partial charge in [0.25, 0.3) is 5.69 Å². The molecule has 1 rings (SSSR count). The van der Waals surface area contributed by atoms with Gasteiger partial charge in [-0.15, -0.1) is 6.58 Å². The van der Waals surface area contributed by atoms with Crippen molar-refractivity contribution in [2.24, 2.45) is 0 Å². The molecule has 0 saturated heterocycles. The molecule has 102 valence electrons. The summed E-state index contributed by atoms with van der Waals surface area (Å²) in [4.78, 5) is 22.2. The maximum absolute atomic E-state index is 13.5. The zero-order valence-corrected chi connectivity index (χ0v) is 11.8. The molecule has 6 nitrogen and oxygen atoms in total. The van der Waals surface area contributed by atoms with Crippen LogP contribution in [-0.4, -0.2) is 29.1 Å². The molecule has 0 fully saturated rings. The molecule has 0 aliphatic rings. The number of carboxylic acids is 1. The van der Waals surface area contributed by atoms with Crippen LogP contribution in [0.15, 0.2) is 24.8 Å². The van der Waals surface area contributed by atoms with Crippen LogP contribution in [-0.2, 0) is 4.79 Å². The first-order valence-electron chi connectivity index (χ1n) is 5.08. The topological polar surface area (TPSA) is 83.7 Å². The molecule has 0 radical (unpaired) electrons. The van der Waals surface area contributed by atoms with Crippen molar-refractivity contribution >= 4 is 39.9 Å². The molecular weight excluding hydrogens is 370 g/mol. The van der Waals surface area contributed by atoms with Crippen molar-refractivity contribution in [2.45, 2.75) is 0 Å². The van der Waals surface area contributed by atoms with Crippen molar-refractivity contribution in [1.29, 1.82) is 0 Å². The number of hydrogen-bond acceptors (Lipinski definition) is 4. The third-order valence-corrected chi connectivity index (χ3v) is 3.06. The SMILES string of the molecule is C=CCN(CC(=O)O)c1cc(F)c(I)cc1[N+](=O)[O-]. The highest BCUT2D eigenvalue weighted by Crippen LogP contribution is 2.31. The summed E-state index contributed by atoms with van der Waals surface area (Å²) < 4.78 is 13.6. The lowest BCUT2D eigenvalue weighted by molar-refractivity contribution is -0.384. The van der Waals surface area contributed by atoms with Gasteiger partial charge in [-0.2, -0.15) is 0 Å². The molecule has 0 unspecified atom stereocenters. The predicted molar refractivity (Wildman–Crippen MR) is 75.8 cm³/mol. The maximum Gasteiger partial charge on any atom is 0.323 e. The second-order valence-corrected chi connectivity index (χ2v) is 4.74. The summed E-state index contributed by atoms with van der Waals surface area (Å²) in [6, 6.07) is 2.04. The molecule has 0 amide bonds. The van der Waals surface area contributed by atoms with Crippen LogP contribution >= 0.6 is 22.6 Å². The van der Waals surface area contributed by atoms with Crippen LogP contribution in [0.25, 0.3) is 0 Å². The molecule has 1 aromatic carbocycles. The molecule has 0 atom stereocenters. The van der Waals surface area contributed by atoms with Crippen LogP contribution in [0.4, 0.5) is 15.8 Å². The lowest BCUT2D eigenvalue weighted by Crippen LogP contribution is -2.30. The molecule has 0 aliphatic heterocycles. The van der Waals surface area contributed by atoms with E-state index in [1.54, 1.807) is 22.6 Å². The van der Waals surface area contributed by atoms with Crippen molar-refractivity contribution in [3.8, 4) is 0 Å². The molecular formula is C11H10FIN2O4. The third kappa shape index (κ3) is 3.88. The third-order valence-electron chi connectivity index (χ3n) is 2.23. The highest BCUT2D eigenvalue weighted by atomic mass is 127. The van der Waals surface area contributed by atoms with E-state index in [4.69, 9.17) is 5.11 Å². The quantitative estimate of drug-likeness (QED) is 0.355. The summed E-state index contributed by atoms with van der Waals surface area (Å²) >= 11 is 1.64. The van der Waals surface area contributed by atoms with E-state index >= 15 is 0 Å². The number of hydrogen-bond donors (Lipinski definition) is 1. The lowest BCUT2D eigenvalue weighted by Gasteiger charge is -2.21. The first kappa shape index (κ1) is 15.3. The molecule has 1 N–H and O–H groups in total. The summed E-state index contributed by atoms with van der Waals surface area (Å²) in [5.74, 6) is -1.81. The van der Waals surface area contributed by atoms with Gasteiger partial charge < -0.3 is 10.0 Å². The Morgan fingerprint density at radius 2 is 2.26 bits per heavy atom. The van der Waals surface area contributed by atoms with Gasteiger partial charge in [0.15, 0.2) is 0 Å². The van der Waals surface area contributed by atoms with Crippen LogP contribution in [0.3, 0.4) is 0 Å². The highest BCUT2D eigenvalue weighted by Gasteiger charge is 2.23. The van der Waals surface area contributed by atoms with Crippen molar-refractivity contribution in [1.82, 2.24) is 0 Å². The summed E-state index contributed by atoms with van der Waals surface area (Å²) in [5.41, 5.74) is -0.417. The molecule has 1 aromatic rings. The van der Waals surface area contributed by atoms with Crippen LogP contribution in [0.2, 0.25) is 0 Å². The van der Waals surface area contributed by atoms with Gasteiger partial charge >= 0.3 is 5.97 Å². The Bertz CT molecular complexity index is 536. The Morgan fingerprint density at radius 1 is 1.63 bits per heavy atom. The first-order chi connectivity index (χ1) is 8.86. The number of benzene rings is 1. The normalized spacial score (nSPS) is 10.0. The predicted octanol–water partition coefficient (Wildman–Crippen LogP) is 2.42. The number of aliphatic carboxylic acids is 1. The van der Waals surface area contributed by atoms with E-state index in [2.05, 4.69) is 6.58 Å². The van der Waals surface area contributed by atoms with E-state index in [0.29, 0.717) is 0 Å². The number of nitro groups is 1. The first-order valence-corrected chi connectivity index (χ1v) is 6.15. The average molecular weight is 380 g/mol. The van der Waals surface area contributed by atoms with Gasteiger partial charge in [0.1, 0.15) is 18.0 Å². The summed E-state index contributed by atoms with van der Waals surface area (Å²) in [5, 5.41) is 19.7. The van der Waals surface area contributed by atoms with Crippen molar-refractivity contribution in [3.63, 3.8) is 0 Å². The number of nitrogens with zero attached hydrogens (tertiary/aromatic N) is 2. The Balaban J connectivity index is 3.34. The largest absolute Gasteiger partial charge is 0.480 e. The van der Waals surface area contributed by atoms with Crippen LogP contribution in [0.1, 0.15) is 0 Å². The van der Waals surface area contributed by atoms with E-state index in [1.165, 1.54) is 11.0 Å². The number of nitro benzene ring substituents is 1. The number of halogens is 2. The second-order valence-electron chi connectivity index (χ2n) is 3.58. The highest BCUT2D eigenvalue weighted by molar-refractivity contribution is 14.1. The van der Waals surface area contributed by atoms with Crippen molar-refractivity contribution in [3.05, 3.63) is 44.3 Å². The van der Waals surface area contributed by atoms with Gasteiger partial charge in [-0.05, 0) is 22.6 Å². The van der Waals surface area contributed by atoms with E-state index in [1.807, 2.05) is 0 Å². The Kier molecular flexibility index (Phi) is 5.21. The zero-order chi connectivity index (χ0) is 14.6. The summed E-state index contributed by atoms with van der Waals surface area (Å²) in [6.45, 7) is 3.03. The van der Waals surface area contributed by atoms with Crippen LogP contribution in [0, 0.1) is 19.5 Å². The molecule has 0 bridgehead atoms. The molecule has 0 spiro atoms. The van der Waals surface area contributed by atoms with E-state index in [9.17, 15) is 19.3 Å². The van der Waals surface area contributed by atoms with Gasteiger partial charge in [0.2, 0.25) is 0 Å². The van der Waals surface area contributed by atoms with Gasteiger partial charge in [0.05, 0.1) is 8.49 Å². The fourth-order valence-corrected chi connectivity index (χ4v) is 1.94. The standard InChI is InChI=1S/C11H10FIN2O4/c1-2-3-14(6-11(16)17)9-4-7(12)8(13)5-10(9)15(18)19/h2,4-5H,1,3,6H2,(H,16,17). The smallest absolute Gasteiger partial charge is 0.323 e. The van der Waals surface area contributed by atoms with Crippen molar-refractivity contribution < 1.29 is 19.2 Å². The second kappa shape index (κ2) is 6.45. The number of carbonyl (C=O) groups is 1. The lowest BCUT2D eigenvalue weighted by atomic mass is 10.2. The molecule has 8 heteroatoms. The monoisotopic (exact) mass is 380 g/mol. The number of rotatable bonds is 6.